The van der Waals surface area contributed by atoms with Crippen molar-refractivity contribution in [2.75, 3.05) is 0 Å². The Bertz CT molecular complexity index is 1060. The first-order valence-corrected chi connectivity index (χ1v) is 8.35. The Balaban J connectivity index is 1.56. The molecule has 0 radical (unpaired) electrons. The van der Waals surface area contributed by atoms with E-state index in [9.17, 15) is 22.4 Å². The van der Waals surface area contributed by atoms with Crippen LogP contribution in [0, 0.1) is 0 Å². The average Bonchev–Trinajstić information content (AvgIpc) is 3.29. The molecule has 29 heavy (non-hydrogen) atoms. The fourth-order valence-electron chi connectivity index (χ4n) is 2.96. The highest BCUT2D eigenvalue weighted by atomic mass is 19.3. The Labute approximate surface area is 160 Å². The van der Waals surface area contributed by atoms with Gasteiger partial charge in [-0.05, 0) is 12.1 Å². The standard InChI is InChI=1S/C18H12F4N4O3/c19-14(20)16-25-24-15(29-16)10-5-11-12(23-6-10)8-26(17(11)27)7-9-3-1-2-4-13(9)28-18(21)22/h1-6,14,18H,7-8H2. The van der Waals surface area contributed by atoms with Crippen LogP contribution in [-0.4, -0.2) is 32.6 Å². The summed E-state index contributed by atoms with van der Waals surface area (Å²) < 4.78 is 59.8. The van der Waals surface area contributed by atoms with Gasteiger partial charge in [0, 0.05) is 11.8 Å². The van der Waals surface area contributed by atoms with Crippen LogP contribution in [0.25, 0.3) is 11.5 Å². The van der Waals surface area contributed by atoms with Crippen LogP contribution in [0.4, 0.5) is 17.6 Å². The van der Waals surface area contributed by atoms with Crippen molar-refractivity contribution in [3.63, 3.8) is 0 Å². The minimum absolute atomic E-state index is 0.0229. The van der Waals surface area contributed by atoms with Crippen molar-refractivity contribution in [3.05, 3.63) is 59.2 Å². The van der Waals surface area contributed by atoms with Crippen molar-refractivity contribution < 1.29 is 31.5 Å². The number of aromatic nitrogens is 3. The van der Waals surface area contributed by atoms with Crippen LogP contribution in [0.5, 0.6) is 5.75 Å². The number of hydrogen-bond acceptors (Lipinski definition) is 6. The largest absolute Gasteiger partial charge is 0.434 e. The molecule has 0 bridgehead atoms. The van der Waals surface area contributed by atoms with Gasteiger partial charge in [0.1, 0.15) is 5.75 Å². The molecule has 11 heteroatoms. The summed E-state index contributed by atoms with van der Waals surface area (Å²) in [6.07, 6.45) is -1.57. The van der Waals surface area contributed by atoms with Crippen LogP contribution in [0.15, 0.2) is 40.9 Å². The number of fused-ring (bicyclic) bond motifs is 1. The van der Waals surface area contributed by atoms with E-state index in [1.807, 2.05) is 0 Å². The lowest BCUT2D eigenvalue weighted by Gasteiger charge is -2.17. The third-order valence-electron chi connectivity index (χ3n) is 4.25. The Morgan fingerprint density at radius 2 is 1.97 bits per heavy atom. The van der Waals surface area contributed by atoms with Gasteiger partial charge in [-0.15, -0.1) is 10.2 Å². The molecule has 7 nitrogen and oxygen atoms in total. The van der Waals surface area contributed by atoms with Gasteiger partial charge < -0.3 is 14.1 Å². The molecule has 0 N–H and O–H groups in total. The molecular formula is C18H12F4N4O3. The van der Waals surface area contributed by atoms with Crippen LogP contribution in [-0.2, 0) is 13.1 Å². The Morgan fingerprint density at radius 1 is 1.17 bits per heavy atom. The van der Waals surface area contributed by atoms with Gasteiger partial charge in [0.05, 0.1) is 29.9 Å². The summed E-state index contributed by atoms with van der Waals surface area (Å²) in [7, 11) is 0. The molecule has 2 aromatic heterocycles. The summed E-state index contributed by atoms with van der Waals surface area (Å²) in [6, 6.07) is 7.59. The van der Waals surface area contributed by atoms with E-state index in [0.29, 0.717) is 11.3 Å². The molecule has 0 spiro atoms. The zero-order valence-electron chi connectivity index (χ0n) is 14.6. The van der Waals surface area contributed by atoms with Crippen LogP contribution in [0.2, 0.25) is 0 Å². The van der Waals surface area contributed by atoms with E-state index in [0.717, 1.165) is 0 Å². The third-order valence-corrected chi connectivity index (χ3v) is 4.25. The van der Waals surface area contributed by atoms with Crippen LogP contribution in [0.1, 0.15) is 33.9 Å². The molecule has 3 heterocycles. The number of alkyl halides is 4. The molecule has 0 fully saturated rings. The van der Waals surface area contributed by atoms with Gasteiger partial charge in [0.25, 0.3) is 11.8 Å². The molecule has 3 aromatic rings. The molecule has 1 aromatic carbocycles. The fourth-order valence-corrected chi connectivity index (χ4v) is 2.96. The molecule has 4 rings (SSSR count). The van der Waals surface area contributed by atoms with Gasteiger partial charge in [-0.3, -0.25) is 9.78 Å². The van der Waals surface area contributed by atoms with E-state index in [-0.39, 0.29) is 35.9 Å². The minimum Gasteiger partial charge on any atom is -0.434 e. The summed E-state index contributed by atoms with van der Waals surface area (Å²) in [4.78, 5) is 18.3. The predicted octanol–water partition coefficient (Wildman–Crippen LogP) is 3.83. The number of rotatable bonds is 6. The van der Waals surface area contributed by atoms with Crippen molar-refractivity contribution in [3.8, 4) is 17.2 Å². The molecule has 1 aliphatic rings. The summed E-state index contributed by atoms with van der Waals surface area (Å²) >= 11 is 0. The van der Waals surface area contributed by atoms with E-state index >= 15 is 0 Å². The SMILES string of the molecule is O=C1c2cc(-c3nnc(C(F)F)o3)cnc2CN1Cc1ccccc1OC(F)F. The maximum atomic E-state index is 12.7. The lowest BCUT2D eigenvalue weighted by atomic mass is 10.1. The fraction of sp³-hybridized carbons (Fsp3) is 0.222. The normalized spacial score (nSPS) is 13.4. The third kappa shape index (κ3) is 3.75. The summed E-state index contributed by atoms with van der Waals surface area (Å²) in [5, 5.41) is 6.78. The highest BCUT2D eigenvalue weighted by molar-refractivity contribution is 5.98. The number of ether oxygens (including phenoxy) is 1. The summed E-state index contributed by atoms with van der Waals surface area (Å²) in [5.41, 5.74) is 1.33. The maximum absolute atomic E-state index is 12.7. The van der Waals surface area contributed by atoms with E-state index in [1.54, 1.807) is 18.2 Å². The second-order valence-electron chi connectivity index (χ2n) is 6.11. The number of hydrogen-bond donors (Lipinski definition) is 0. The highest BCUT2D eigenvalue weighted by Crippen LogP contribution is 2.30. The van der Waals surface area contributed by atoms with Gasteiger partial charge in [-0.1, -0.05) is 18.2 Å². The Kier molecular flexibility index (Phi) is 4.87. The zero-order chi connectivity index (χ0) is 20.5. The van der Waals surface area contributed by atoms with E-state index in [4.69, 9.17) is 4.42 Å². The average molecular weight is 408 g/mol. The smallest absolute Gasteiger partial charge is 0.387 e. The van der Waals surface area contributed by atoms with Crippen molar-refractivity contribution in [1.82, 2.24) is 20.1 Å². The van der Waals surface area contributed by atoms with Crippen LogP contribution < -0.4 is 4.74 Å². The number of carbonyl (C=O) groups excluding carboxylic acids is 1. The van der Waals surface area contributed by atoms with E-state index < -0.39 is 24.8 Å². The summed E-state index contributed by atoms with van der Waals surface area (Å²) in [6.45, 7) is -2.80. The van der Waals surface area contributed by atoms with Gasteiger partial charge >= 0.3 is 13.0 Å². The number of para-hydroxylation sites is 1. The Hall–Kier alpha value is -3.50. The van der Waals surface area contributed by atoms with Crippen LogP contribution in [0.3, 0.4) is 0 Å². The number of carbonyl (C=O) groups is 1. The van der Waals surface area contributed by atoms with Crippen molar-refractivity contribution in [2.45, 2.75) is 26.1 Å². The predicted molar refractivity (Wildman–Crippen MR) is 89.1 cm³/mol. The number of halogens is 4. The molecule has 0 saturated heterocycles. The topological polar surface area (TPSA) is 81.3 Å². The molecule has 0 aliphatic carbocycles. The van der Waals surface area contributed by atoms with Crippen molar-refractivity contribution in [2.24, 2.45) is 0 Å². The molecule has 1 amide bonds. The molecule has 0 unspecified atom stereocenters. The number of benzene rings is 1. The van der Waals surface area contributed by atoms with E-state index in [2.05, 4.69) is 19.9 Å². The van der Waals surface area contributed by atoms with Gasteiger partial charge in [0.15, 0.2) is 0 Å². The lowest BCUT2D eigenvalue weighted by Crippen LogP contribution is -2.23. The first-order valence-electron chi connectivity index (χ1n) is 8.35. The molecular weight excluding hydrogens is 396 g/mol. The molecule has 150 valence electrons. The van der Waals surface area contributed by atoms with Gasteiger partial charge in [-0.2, -0.15) is 17.6 Å². The minimum atomic E-state index is -2.99. The quantitative estimate of drug-likeness (QED) is 0.577. The lowest BCUT2D eigenvalue weighted by molar-refractivity contribution is -0.0506. The van der Waals surface area contributed by atoms with Crippen molar-refractivity contribution in [1.29, 1.82) is 0 Å². The molecule has 0 atom stereocenters. The zero-order valence-corrected chi connectivity index (χ0v) is 14.6. The first kappa shape index (κ1) is 18.8. The summed E-state index contributed by atoms with van der Waals surface area (Å²) in [5.74, 6) is -1.43. The number of pyridine rings is 1. The second-order valence-corrected chi connectivity index (χ2v) is 6.11. The van der Waals surface area contributed by atoms with E-state index in [1.165, 1.54) is 23.2 Å². The van der Waals surface area contributed by atoms with Gasteiger partial charge in [0.2, 0.25) is 5.89 Å². The maximum Gasteiger partial charge on any atom is 0.387 e. The monoisotopic (exact) mass is 408 g/mol. The first-order chi connectivity index (χ1) is 13.9. The second kappa shape index (κ2) is 7.49. The molecule has 0 saturated carbocycles. The molecule has 1 aliphatic heterocycles. The van der Waals surface area contributed by atoms with Gasteiger partial charge in [-0.25, -0.2) is 0 Å². The number of amides is 1. The van der Waals surface area contributed by atoms with Crippen LogP contribution >= 0.6 is 0 Å². The van der Waals surface area contributed by atoms with Crippen molar-refractivity contribution >= 4 is 5.91 Å². The number of nitrogens with zero attached hydrogens (tertiary/aromatic N) is 4. The Morgan fingerprint density at radius 3 is 2.69 bits per heavy atom. The highest BCUT2D eigenvalue weighted by Gasteiger charge is 2.30.